The Morgan fingerprint density at radius 3 is 2.68 bits per heavy atom. The van der Waals surface area contributed by atoms with Gasteiger partial charge >= 0.3 is 0 Å². The van der Waals surface area contributed by atoms with Crippen molar-refractivity contribution in [2.75, 3.05) is 5.73 Å². The fraction of sp³-hybridized carbons (Fsp3) is 0.167. The third kappa shape index (κ3) is 2.76. The number of ether oxygens (including phenoxy) is 1. The number of nitrogen functional groups attached to an aromatic ring is 1. The van der Waals surface area contributed by atoms with Gasteiger partial charge in [0.1, 0.15) is 17.4 Å². The first-order chi connectivity index (χ1) is 8.97. The van der Waals surface area contributed by atoms with Crippen LogP contribution in [-0.2, 0) is 0 Å². The Bertz CT molecular complexity index is 623. The van der Waals surface area contributed by atoms with Gasteiger partial charge in [-0.15, -0.1) is 0 Å². The minimum atomic E-state index is -0.457. The van der Waals surface area contributed by atoms with Crippen molar-refractivity contribution in [2.24, 2.45) is 0 Å². The van der Waals surface area contributed by atoms with E-state index in [2.05, 4.69) is 9.97 Å². The molecule has 0 aliphatic heterocycles. The van der Waals surface area contributed by atoms with E-state index >= 15 is 0 Å². The molecular weight excluding hydrogens is 248 g/mol. The number of benzene rings is 1. The number of aromatic nitrogens is 2. The lowest BCUT2D eigenvalue weighted by atomic mass is 10.2. The van der Waals surface area contributed by atoms with Crippen LogP contribution in [0.1, 0.15) is 11.4 Å². The summed E-state index contributed by atoms with van der Waals surface area (Å²) in [4.78, 5) is 18.4. The van der Waals surface area contributed by atoms with Crippen molar-refractivity contribution in [2.45, 2.75) is 13.8 Å². The second kappa shape index (κ2) is 4.89. The molecule has 0 bridgehead atoms. The molecule has 0 radical (unpaired) electrons. The van der Waals surface area contributed by atoms with Crippen LogP contribution in [-0.4, -0.2) is 14.9 Å². The highest BCUT2D eigenvalue weighted by atomic mass is 16.6. The number of anilines is 1. The van der Waals surface area contributed by atoms with Crippen molar-refractivity contribution in [1.29, 1.82) is 0 Å². The molecule has 1 aromatic heterocycles. The summed E-state index contributed by atoms with van der Waals surface area (Å²) in [6, 6.07) is 6.07. The summed E-state index contributed by atoms with van der Waals surface area (Å²) in [5.74, 6) is 1.38. The summed E-state index contributed by atoms with van der Waals surface area (Å²) >= 11 is 0. The van der Waals surface area contributed by atoms with Gasteiger partial charge in [-0.1, -0.05) is 6.07 Å². The predicted molar refractivity (Wildman–Crippen MR) is 69.1 cm³/mol. The van der Waals surface area contributed by atoms with E-state index < -0.39 is 4.92 Å². The van der Waals surface area contributed by atoms with E-state index in [1.54, 1.807) is 26.0 Å². The molecule has 0 amide bonds. The molecule has 7 heteroatoms. The number of hydrogen-bond acceptors (Lipinski definition) is 6. The van der Waals surface area contributed by atoms with Crippen molar-refractivity contribution < 1.29 is 9.66 Å². The van der Waals surface area contributed by atoms with Crippen LogP contribution in [0.15, 0.2) is 24.3 Å². The number of aryl methyl sites for hydroxylation is 1. The zero-order chi connectivity index (χ0) is 14.0. The van der Waals surface area contributed by atoms with Gasteiger partial charge in [-0.25, -0.2) is 4.98 Å². The Labute approximate surface area is 109 Å². The van der Waals surface area contributed by atoms with Gasteiger partial charge in [0.25, 0.3) is 5.69 Å². The maximum Gasteiger partial charge on any atom is 0.276 e. The number of nitro groups is 1. The molecule has 1 heterocycles. The molecule has 2 rings (SSSR count). The number of nitro benzene ring substituents is 1. The molecule has 0 saturated heterocycles. The standard InChI is InChI=1S/C12H12N4O3/c1-7-9(16(17)18)4-3-5-10(7)19-12-6-11(13)14-8(2)15-12/h3-6H,1-2H3,(H2,13,14,15). The second-order valence-corrected chi connectivity index (χ2v) is 3.94. The number of nitrogens with zero attached hydrogens (tertiary/aromatic N) is 3. The highest BCUT2D eigenvalue weighted by Crippen LogP contribution is 2.30. The number of hydrogen-bond donors (Lipinski definition) is 1. The molecule has 0 aliphatic rings. The third-order valence-electron chi connectivity index (χ3n) is 2.50. The summed E-state index contributed by atoms with van der Waals surface area (Å²) in [5, 5.41) is 10.8. The molecule has 0 fully saturated rings. The van der Waals surface area contributed by atoms with Crippen LogP contribution >= 0.6 is 0 Å². The van der Waals surface area contributed by atoms with Gasteiger partial charge < -0.3 is 10.5 Å². The van der Waals surface area contributed by atoms with E-state index in [1.807, 2.05) is 0 Å². The van der Waals surface area contributed by atoms with Crippen molar-refractivity contribution in [1.82, 2.24) is 9.97 Å². The highest BCUT2D eigenvalue weighted by Gasteiger charge is 2.15. The maximum absolute atomic E-state index is 10.8. The third-order valence-corrected chi connectivity index (χ3v) is 2.50. The molecule has 0 aliphatic carbocycles. The Morgan fingerprint density at radius 1 is 1.32 bits per heavy atom. The summed E-state index contributed by atoms with van der Waals surface area (Å²) in [7, 11) is 0. The van der Waals surface area contributed by atoms with Gasteiger partial charge in [0.15, 0.2) is 0 Å². The molecular formula is C12H12N4O3. The van der Waals surface area contributed by atoms with E-state index in [9.17, 15) is 10.1 Å². The largest absolute Gasteiger partial charge is 0.438 e. The van der Waals surface area contributed by atoms with Crippen LogP contribution in [0.2, 0.25) is 0 Å². The van der Waals surface area contributed by atoms with Crippen LogP contribution in [0.3, 0.4) is 0 Å². The van der Waals surface area contributed by atoms with Crippen LogP contribution in [0.4, 0.5) is 11.5 Å². The lowest BCUT2D eigenvalue weighted by Crippen LogP contribution is -1.99. The zero-order valence-electron chi connectivity index (χ0n) is 10.5. The van der Waals surface area contributed by atoms with Crippen LogP contribution in [0, 0.1) is 24.0 Å². The number of nitrogens with two attached hydrogens (primary N) is 1. The zero-order valence-corrected chi connectivity index (χ0v) is 10.5. The lowest BCUT2D eigenvalue weighted by molar-refractivity contribution is -0.385. The fourth-order valence-corrected chi connectivity index (χ4v) is 1.64. The van der Waals surface area contributed by atoms with Crippen molar-refractivity contribution in [3.63, 3.8) is 0 Å². The van der Waals surface area contributed by atoms with Crippen molar-refractivity contribution >= 4 is 11.5 Å². The molecule has 2 N–H and O–H groups in total. The topological polar surface area (TPSA) is 104 Å². The molecule has 0 saturated carbocycles. The van der Waals surface area contributed by atoms with Gasteiger partial charge in [-0.05, 0) is 19.9 Å². The predicted octanol–water partition coefficient (Wildman–Crippen LogP) is 2.38. The van der Waals surface area contributed by atoms with Crippen LogP contribution in [0.25, 0.3) is 0 Å². The fourth-order valence-electron chi connectivity index (χ4n) is 1.64. The Hall–Kier alpha value is -2.70. The lowest BCUT2D eigenvalue weighted by Gasteiger charge is -2.08. The first-order valence-electron chi connectivity index (χ1n) is 5.50. The first kappa shape index (κ1) is 12.7. The Balaban J connectivity index is 2.38. The van der Waals surface area contributed by atoms with E-state index in [4.69, 9.17) is 10.5 Å². The van der Waals surface area contributed by atoms with Gasteiger partial charge in [-0.2, -0.15) is 4.98 Å². The molecule has 2 aromatic rings. The van der Waals surface area contributed by atoms with Crippen LogP contribution in [0.5, 0.6) is 11.6 Å². The van der Waals surface area contributed by atoms with E-state index in [0.29, 0.717) is 17.1 Å². The van der Waals surface area contributed by atoms with Gasteiger partial charge in [0.2, 0.25) is 5.88 Å². The molecule has 0 unspecified atom stereocenters. The average Bonchev–Trinajstić information content (AvgIpc) is 2.30. The van der Waals surface area contributed by atoms with E-state index in [0.717, 1.165) is 0 Å². The maximum atomic E-state index is 10.8. The van der Waals surface area contributed by atoms with Crippen molar-refractivity contribution in [3.8, 4) is 11.6 Å². The molecule has 1 aromatic carbocycles. The minimum Gasteiger partial charge on any atom is -0.438 e. The summed E-state index contributed by atoms with van der Waals surface area (Å²) in [6.07, 6.45) is 0. The van der Waals surface area contributed by atoms with Gasteiger partial charge in [-0.3, -0.25) is 10.1 Å². The summed E-state index contributed by atoms with van der Waals surface area (Å²) < 4.78 is 5.53. The monoisotopic (exact) mass is 260 g/mol. The number of rotatable bonds is 3. The smallest absolute Gasteiger partial charge is 0.276 e. The Kier molecular flexibility index (Phi) is 3.28. The highest BCUT2D eigenvalue weighted by molar-refractivity contribution is 5.49. The van der Waals surface area contributed by atoms with Crippen LogP contribution < -0.4 is 10.5 Å². The molecule has 19 heavy (non-hydrogen) atoms. The SMILES string of the molecule is Cc1nc(N)cc(Oc2cccc([N+](=O)[O-])c2C)n1. The second-order valence-electron chi connectivity index (χ2n) is 3.94. The van der Waals surface area contributed by atoms with Crippen molar-refractivity contribution in [3.05, 3.63) is 45.8 Å². The molecule has 7 nitrogen and oxygen atoms in total. The summed E-state index contributed by atoms with van der Waals surface area (Å²) in [6.45, 7) is 3.30. The van der Waals surface area contributed by atoms with Gasteiger partial charge in [0.05, 0.1) is 10.5 Å². The van der Waals surface area contributed by atoms with E-state index in [1.165, 1.54) is 12.1 Å². The minimum absolute atomic E-state index is 0.00347. The van der Waals surface area contributed by atoms with E-state index in [-0.39, 0.29) is 17.4 Å². The summed E-state index contributed by atoms with van der Waals surface area (Å²) in [5.41, 5.74) is 6.02. The molecule has 0 spiro atoms. The average molecular weight is 260 g/mol. The first-order valence-corrected chi connectivity index (χ1v) is 5.50. The normalized spacial score (nSPS) is 10.2. The van der Waals surface area contributed by atoms with Gasteiger partial charge in [0, 0.05) is 12.1 Å². The molecule has 98 valence electrons. The molecule has 0 atom stereocenters. The quantitative estimate of drug-likeness (QED) is 0.671. The Morgan fingerprint density at radius 2 is 2.05 bits per heavy atom.